The van der Waals surface area contributed by atoms with Crippen LogP contribution in [0.5, 0.6) is 0 Å². The van der Waals surface area contributed by atoms with E-state index in [-0.39, 0.29) is 5.03 Å². The third kappa shape index (κ3) is 5.69. The van der Waals surface area contributed by atoms with E-state index in [1.807, 2.05) is 11.5 Å². The van der Waals surface area contributed by atoms with Crippen LogP contribution < -0.4 is 4.72 Å². The van der Waals surface area contributed by atoms with Crippen molar-refractivity contribution in [3.05, 3.63) is 12.0 Å². The lowest BCUT2D eigenvalue weighted by atomic mass is 10.2. The second-order valence-corrected chi connectivity index (χ2v) is 7.61. The van der Waals surface area contributed by atoms with E-state index < -0.39 is 10.0 Å². The molecule has 0 radical (unpaired) electrons. The molecule has 1 heterocycles. The molecule has 20 heavy (non-hydrogen) atoms. The molecule has 0 aliphatic rings. The van der Waals surface area contributed by atoms with Crippen molar-refractivity contribution in [1.29, 1.82) is 0 Å². The van der Waals surface area contributed by atoms with Gasteiger partial charge in [-0.25, -0.2) is 18.1 Å². The number of nitrogens with zero attached hydrogens (tertiary/aromatic N) is 2. The second-order valence-electron chi connectivity index (χ2n) is 4.82. The van der Waals surface area contributed by atoms with E-state index in [4.69, 9.17) is 0 Å². The highest BCUT2D eigenvalue weighted by atomic mass is 127. The van der Waals surface area contributed by atoms with Gasteiger partial charge in [0.15, 0.2) is 5.03 Å². The van der Waals surface area contributed by atoms with E-state index in [1.54, 1.807) is 6.20 Å². The highest BCUT2D eigenvalue weighted by Gasteiger charge is 2.18. The number of alkyl halides is 1. The summed E-state index contributed by atoms with van der Waals surface area (Å²) in [7, 11) is -3.46. The van der Waals surface area contributed by atoms with Gasteiger partial charge in [0.1, 0.15) is 5.82 Å². The summed E-state index contributed by atoms with van der Waals surface area (Å²) in [5.41, 5.74) is 0. The van der Waals surface area contributed by atoms with Crippen molar-refractivity contribution < 1.29 is 8.42 Å². The number of halogens is 1. The number of sulfonamides is 1. The molecule has 5 nitrogen and oxygen atoms in total. The van der Waals surface area contributed by atoms with E-state index >= 15 is 0 Å². The first-order valence-electron chi connectivity index (χ1n) is 7.10. The maximum absolute atomic E-state index is 12.1. The van der Waals surface area contributed by atoms with Crippen LogP contribution in [0, 0.1) is 6.92 Å². The summed E-state index contributed by atoms with van der Waals surface area (Å²) in [5, 5.41) is 0.135. The SMILES string of the molecule is CCCn1cc(S(=O)(=O)NCCCCCCI)nc1C. The summed E-state index contributed by atoms with van der Waals surface area (Å²) in [4.78, 5) is 4.14. The fourth-order valence-corrected chi connectivity index (χ4v) is 3.55. The van der Waals surface area contributed by atoms with Crippen LogP contribution in [-0.4, -0.2) is 28.9 Å². The summed E-state index contributed by atoms with van der Waals surface area (Å²) in [5.74, 6) is 0.745. The number of aromatic nitrogens is 2. The normalized spacial score (nSPS) is 11.9. The first kappa shape index (κ1) is 17.9. The van der Waals surface area contributed by atoms with Gasteiger partial charge < -0.3 is 4.57 Å². The number of imidazole rings is 1. The molecule has 0 aliphatic heterocycles. The Morgan fingerprint density at radius 2 is 2.00 bits per heavy atom. The highest BCUT2D eigenvalue weighted by molar-refractivity contribution is 14.1. The molecule has 0 aliphatic carbocycles. The van der Waals surface area contributed by atoms with Gasteiger partial charge in [0, 0.05) is 19.3 Å². The Kier molecular flexibility index (Phi) is 8.04. The molecular weight excluding hydrogens is 389 g/mol. The van der Waals surface area contributed by atoms with Gasteiger partial charge >= 0.3 is 0 Å². The molecule has 0 unspecified atom stereocenters. The number of hydrogen-bond donors (Lipinski definition) is 1. The van der Waals surface area contributed by atoms with Gasteiger partial charge in [0.2, 0.25) is 0 Å². The summed E-state index contributed by atoms with van der Waals surface area (Å²) in [6, 6.07) is 0. The predicted molar refractivity (Wildman–Crippen MR) is 89.8 cm³/mol. The van der Waals surface area contributed by atoms with Crippen LogP contribution in [0.4, 0.5) is 0 Å². The standard InChI is InChI=1S/C13H24IN3O2S/c1-3-10-17-11-13(16-12(17)2)20(18,19)15-9-7-5-4-6-8-14/h11,15H,3-10H2,1-2H3. The molecule has 0 bridgehead atoms. The maximum Gasteiger partial charge on any atom is 0.259 e. The van der Waals surface area contributed by atoms with Crippen LogP contribution in [0.1, 0.15) is 44.9 Å². The first-order valence-corrected chi connectivity index (χ1v) is 10.1. The minimum Gasteiger partial charge on any atom is -0.334 e. The van der Waals surface area contributed by atoms with Crippen LogP contribution in [0.3, 0.4) is 0 Å². The topological polar surface area (TPSA) is 64.0 Å². The lowest BCUT2D eigenvalue weighted by Crippen LogP contribution is -2.25. The Morgan fingerprint density at radius 3 is 2.65 bits per heavy atom. The minimum absolute atomic E-state index is 0.135. The van der Waals surface area contributed by atoms with Crippen molar-refractivity contribution in [1.82, 2.24) is 14.3 Å². The van der Waals surface area contributed by atoms with Crippen LogP contribution in [-0.2, 0) is 16.6 Å². The van der Waals surface area contributed by atoms with Crippen molar-refractivity contribution in [3.8, 4) is 0 Å². The molecule has 0 saturated heterocycles. The summed E-state index contributed by atoms with van der Waals surface area (Å²) < 4.78 is 29.9. The monoisotopic (exact) mass is 413 g/mol. The average molecular weight is 413 g/mol. The van der Waals surface area contributed by atoms with Crippen molar-refractivity contribution in [2.24, 2.45) is 0 Å². The van der Waals surface area contributed by atoms with Gasteiger partial charge in [-0.15, -0.1) is 0 Å². The third-order valence-corrected chi connectivity index (χ3v) is 5.14. The van der Waals surface area contributed by atoms with Gasteiger partial charge in [0.25, 0.3) is 10.0 Å². The first-order chi connectivity index (χ1) is 9.51. The van der Waals surface area contributed by atoms with Gasteiger partial charge in [-0.2, -0.15) is 0 Å². The van der Waals surface area contributed by atoms with Gasteiger partial charge in [0.05, 0.1) is 0 Å². The summed E-state index contributed by atoms with van der Waals surface area (Å²) in [6.07, 6.45) is 6.89. The van der Waals surface area contributed by atoms with Crippen LogP contribution >= 0.6 is 22.6 Å². The predicted octanol–water partition coefficient (Wildman–Crippen LogP) is 2.88. The Labute approximate surface area is 135 Å². The molecule has 1 aromatic rings. The van der Waals surface area contributed by atoms with E-state index in [0.29, 0.717) is 6.54 Å². The zero-order valence-electron chi connectivity index (χ0n) is 12.2. The molecule has 116 valence electrons. The molecule has 0 saturated carbocycles. The van der Waals surface area contributed by atoms with Crippen molar-refractivity contribution >= 4 is 32.6 Å². The largest absolute Gasteiger partial charge is 0.334 e. The number of rotatable bonds is 10. The molecule has 0 spiro atoms. The van der Waals surface area contributed by atoms with Gasteiger partial charge in [-0.1, -0.05) is 42.4 Å². The molecule has 0 atom stereocenters. The van der Waals surface area contributed by atoms with E-state index in [0.717, 1.165) is 42.5 Å². The quantitative estimate of drug-likeness (QED) is 0.365. The van der Waals surface area contributed by atoms with Crippen LogP contribution in [0.25, 0.3) is 0 Å². The fraction of sp³-hybridized carbons (Fsp3) is 0.769. The molecular formula is C13H24IN3O2S. The van der Waals surface area contributed by atoms with Crippen molar-refractivity contribution in [2.45, 2.75) is 57.5 Å². The zero-order chi connectivity index (χ0) is 15.0. The van der Waals surface area contributed by atoms with E-state index in [2.05, 4.69) is 39.2 Å². The number of nitrogens with one attached hydrogen (secondary N) is 1. The summed E-state index contributed by atoms with van der Waals surface area (Å²) >= 11 is 2.36. The average Bonchev–Trinajstić information content (AvgIpc) is 2.77. The minimum atomic E-state index is -3.46. The Bertz CT molecular complexity index is 500. The molecule has 0 aromatic carbocycles. The van der Waals surface area contributed by atoms with Gasteiger partial charge in [-0.3, -0.25) is 0 Å². The molecule has 1 aromatic heterocycles. The Morgan fingerprint density at radius 1 is 1.30 bits per heavy atom. The third-order valence-electron chi connectivity index (χ3n) is 3.05. The maximum atomic E-state index is 12.1. The lowest BCUT2D eigenvalue weighted by Gasteiger charge is -2.04. The Balaban J connectivity index is 2.49. The van der Waals surface area contributed by atoms with Crippen molar-refractivity contribution in [2.75, 3.05) is 11.0 Å². The van der Waals surface area contributed by atoms with E-state index in [1.165, 1.54) is 6.42 Å². The van der Waals surface area contributed by atoms with Crippen LogP contribution in [0.15, 0.2) is 11.2 Å². The fourth-order valence-electron chi connectivity index (χ4n) is 1.93. The molecule has 1 N–H and O–H groups in total. The second kappa shape index (κ2) is 8.99. The number of unbranched alkanes of at least 4 members (excludes halogenated alkanes) is 3. The number of aryl methyl sites for hydroxylation is 2. The molecule has 7 heteroatoms. The summed E-state index contributed by atoms with van der Waals surface area (Å²) in [6.45, 7) is 5.17. The molecule has 1 rings (SSSR count). The van der Waals surface area contributed by atoms with Crippen molar-refractivity contribution in [3.63, 3.8) is 0 Å². The molecule has 0 amide bonds. The molecule has 0 fully saturated rings. The zero-order valence-corrected chi connectivity index (χ0v) is 15.2. The highest BCUT2D eigenvalue weighted by Crippen LogP contribution is 2.10. The smallest absolute Gasteiger partial charge is 0.259 e. The lowest BCUT2D eigenvalue weighted by molar-refractivity contribution is 0.570. The van der Waals surface area contributed by atoms with Crippen LogP contribution in [0.2, 0.25) is 0 Å². The van der Waals surface area contributed by atoms with E-state index in [9.17, 15) is 8.42 Å². The Hall–Kier alpha value is -0.150. The van der Waals surface area contributed by atoms with Gasteiger partial charge in [-0.05, 0) is 30.6 Å². The number of hydrogen-bond acceptors (Lipinski definition) is 3.